The molecule has 2 rings (SSSR count). The van der Waals surface area contributed by atoms with Gasteiger partial charge in [0.05, 0.1) is 27.8 Å². The second kappa shape index (κ2) is 4.70. The van der Waals surface area contributed by atoms with E-state index in [9.17, 15) is 4.79 Å². The van der Waals surface area contributed by atoms with Crippen LogP contribution < -0.4 is 5.32 Å². The molecule has 0 spiro atoms. The quantitative estimate of drug-likeness (QED) is 0.915. The van der Waals surface area contributed by atoms with E-state index in [-0.39, 0.29) is 11.6 Å². The summed E-state index contributed by atoms with van der Waals surface area (Å²) in [7, 11) is 3.58. The maximum Gasteiger partial charge on any atom is 0.277 e. The highest BCUT2D eigenvalue weighted by Gasteiger charge is 2.20. The summed E-state index contributed by atoms with van der Waals surface area (Å²) in [4.78, 5) is 12.2. The SMILES string of the molecule is Cc1nn(C)c(C)c1NC(=O)c1nn(C)c(C)c1Cl. The number of carbonyl (C=O) groups excluding carboxylic acids is 1. The Hall–Kier alpha value is -1.82. The first-order valence-electron chi connectivity index (χ1n) is 5.83. The minimum atomic E-state index is -0.326. The predicted octanol–water partition coefficient (Wildman–Crippen LogP) is 1.98. The average Bonchev–Trinajstić information content (AvgIpc) is 2.74. The number of aromatic nitrogens is 4. The van der Waals surface area contributed by atoms with Gasteiger partial charge in [0, 0.05) is 14.1 Å². The number of amides is 1. The number of halogens is 1. The van der Waals surface area contributed by atoms with E-state index in [1.165, 1.54) is 0 Å². The first-order chi connectivity index (χ1) is 8.82. The Balaban J connectivity index is 2.33. The summed E-state index contributed by atoms with van der Waals surface area (Å²) >= 11 is 6.09. The molecular weight excluding hydrogens is 266 g/mol. The summed E-state index contributed by atoms with van der Waals surface area (Å²) in [6, 6.07) is 0. The Labute approximate surface area is 116 Å². The van der Waals surface area contributed by atoms with Gasteiger partial charge in [-0.3, -0.25) is 14.2 Å². The molecule has 102 valence electrons. The molecule has 0 aromatic carbocycles. The van der Waals surface area contributed by atoms with Crippen molar-refractivity contribution in [1.29, 1.82) is 0 Å². The lowest BCUT2D eigenvalue weighted by molar-refractivity contribution is 0.102. The first kappa shape index (κ1) is 13.6. The molecule has 0 fully saturated rings. The van der Waals surface area contributed by atoms with E-state index in [1.54, 1.807) is 16.4 Å². The molecule has 0 saturated heterocycles. The number of nitrogens with one attached hydrogen (secondary N) is 1. The number of hydrogen-bond donors (Lipinski definition) is 1. The van der Waals surface area contributed by atoms with Crippen LogP contribution in [0.2, 0.25) is 5.02 Å². The summed E-state index contributed by atoms with van der Waals surface area (Å²) in [6.07, 6.45) is 0. The summed E-state index contributed by atoms with van der Waals surface area (Å²) in [5.41, 5.74) is 3.33. The van der Waals surface area contributed by atoms with Gasteiger partial charge in [0.2, 0.25) is 0 Å². The van der Waals surface area contributed by atoms with Crippen molar-refractivity contribution in [2.24, 2.45) is 14.1 Å². The molecule has 0 saturated carbocycles. The lowest BCUT2D eigenvalue weighted by atomic mass is 10.3. The standard InChI is InChI=1S/C12H16ClN5O/c1-6-10(8(3)18(5)15-6)14-12(19)11-9(13)7(2)17(4)16-11/h1-5H3,(H,14,19). The summed E-state index contributed by atoms with van der Waals surface area (Å²) in [5, 5.41) is 11.6. The Bertz CT molecular complexity index is 656. The van der Waals surface area contributed by atoms with Gasteiger partial charge in [0.25, 0.3) is 5.91 Å². The maximum absolute atomic E-state index is 12.2. The normalized spacial score (nSPS) is 10.8. The van der Waals surface area contributed by atoms with E-state index in [2.05, 4.69) is 15.5 Å². The fourth-order valence-corrected chi connectivity index (χ4v) is 2.10. The molecule has 0 aliphatic heterocycles. The molecular formula is C12H16ClN5O. The van der Waals surface area contributed by atoms with Gasteiger partial charge >= 0.3 is 0 Å². The van der Waals surface area contributed by atoms with E-state index in [1.807, 2.05) is 27.8 Å². The molecule has 7 heteroatoms. The van der Waals surface area contributed by atoms with Crippen LogP contribution in [0, 0.1) is 20.8 Å². The topological polar surface area (TPSA) is 64.7 Å². The fraction of sp³-hybridized carbons (Fsp3) is 0.417. The molecule has 2 heterocycles. The van der Waals surface area contributed by atoms with Crippen LogP contribution in [0.3, 0.4) is 0 Å². The average molecular weight is 282 g/mol. The van der Waals surface area contributed by atoms with Crippen molar-refractivity contribution in [2.45, 2.75) is 20.8 Å². The molecule has 1 N–H and O–H groups in total. The van der Waals surface area contributed by atoms with Crippen molar-refractivity contribution in [3.8, 4) is 0 Å². The van der Waals surface area contributed by atoms with Crippen molar-refractivity contribution in [1.82, 2.24) is 19.6 Å². The number of aryl methyl sites for hydroxylation is 3. The lowest BCUT2D eigenvalue weighted by Crippen LogP contribution is -2.14. The van der Waals surface area contributed by atoms with Crippen molar-refractivity contribution in [3.05, 3.63) is 27.8 Å². The largest absolute Gasteiger partial charge is 0.317 e. The highest BCUT2D eigenvalue weighted by atomic mass is 35.5. The van der Waals surface area contributed by atoms with Crippen LogP contribution in [-0.2, 0) is 14.1 Å². The maximum atomic E-state index is 12.2. The summed E-state index contributed by atoms with van der Waals surface area (Å²) in [5.74, 6) is -0.326. The molecule has 0 atom stereocenters. The molecule has 2 aromatic rings. The van der Waals surface area contributed by atoms with Gasteiger partial charge in [-0.1, -0.05) is 11.6 Å². The number of anilines is 1. The third kappa shape index (κ3) is 2.23. The van der Waals surface area contributed by atoms with Gasteiger partial charge in [-0.25, -0.2) is 0 Å². The Kier molecular flexibility index (Phi) is 3.36. The molecule has 0 aliphatic carbocycles. The van der Waals surface area contributed by atoms with Crippen molar-refractivity contribution in [3.63, 3.8) is 0 Å². The molecule has 0 bridgehead atoms. The van der Waals surface area contributed by atoms with E-state index in [4.69, 9.17) is 11.6 Å². The fourth-order valence-electron chi connectivity index (χ4n) is 1.85. The zero-order chi connectivity index (χ0) is 14.3. The summed E-state index contributed by atoms with van der Waals surface area (Å²) in [6.45, 7) is 5.54. The predicted molar refractivity (Wildman–Crippen MR) is 73.6 cm³/mol. The minimum Gasteiger partial charge on any atom is -0.317 e. The highest BCUT2D eigenvalue weighted by molar-refractivity contribution is 6.34. The zero-order valence-corrected chi connectivity index (χ0v) is 12.3. The number of hydrogen-bond acceptors (Lipinski definition) is 3. The van der Waals surface area contributed by atoms with Crippen LogP contribution in [-0.4, -0.2) is 25.5 Å². The Morgan fingerprint density at radius 1 is 1.11 bits per heavy atom. The minimum absolute atomic E-state index is 0.226. The molecule has 0 unspecified atom stereocenters. The van der Waals surface area contributed by atoms with Crippen molar-refractivity contribution >= 4 is 23.2 Å². The lowest BCUT2D eigenvalue weighted by Gasteiger charge is -2.03. The van der Waals surface area contributed by atoms with Crippen LogP contribution in [0.4, 0.5) is 5.69 Å². The van der Waals surface area contributed by atoms with E-state index in [0.717, 1.165) is 17.1 Å². The monoisotopic (exact) mass is 281 g/mol. The summed E-state index contributed by atoms with van der Waals surface area (Å²) < 4.78 is 3.30. The zero-order valence-electron chi connectivity index (χ0n) is 11.6. The van der Waals surface area contributed by atoms with Crippen molar-refractivity contribution in [2.75, 3.05) is 5.32 Å². The highest BCUT2D eigenvalue weighted by Crippen LogP contribution is 2.23. The molecule has 6 nitrogen and oxygen atoms in total. The van der Waals surface area contributed by atoms with Crippen LogP contribution in [0.5, 0.6) is 0 Å². The smallest absolute Gasteiger partial charge is 0.277 e. The van der Waals surface area contributed by atoms with Gasteiger partial charge in [0.15, 0.2) is 5.69 Å². The molecule has 19 heavy (non-hydrogen) atoms. The second-order valence-electron chi connectivity index (χ2n) is 4.50. The van der Waals surface area contributed by atoms with Gasteiger partial charge < -0.3 is 5.32 Å². The molecule has 2 aromatic heterocycles. The van der Waals surface area contributed by atoms with E-state index >= 15 is 0 Å². The van der Waals surface area contributed by atoms with E-state index < -0.39 is 0 Å². The van der Waals surface area contributed by atoms with Crippen LogP contribution >= 0.6 is 11.6 Å². The van der Waals surface area contributed by atoms with Gasteiger partial charge in [-0.05, 0) is 20.8 Å². The molecule has 0 aliphatic rings. The van der Waals surface area contributed by atoms with Crippen LogP contribution in [0.1, 0.15) is 27.6 Å². The Morgan fingerprint density at radius 2 is 1.68 bits per heavy atom. The van der Waals surface area contributed by atoms with E-state index in [0.29, 0.717) is 10.7 Å². The molecule has 0 radical (unpaired) electrons. The number of carbonyl (C=O) groups is 1. The third-order valence-corrected chi connectivity index (χ3v) is 3.68. The number of nitrogens with zero attached hydrogens (tertiary/aromatic N) is 4. The third-order valence-electron chi connectivity index (χ3n) is 3.22. The van der Waals surface area contributed by atoms with Gasteiger partial charge in [0.1, 0.15) is 0 Å². The number of rotatable bonds is 2. The first-order valence-corrected chi connectivity index (χ1v) is 6.21. The van der Waals surface area contributed by atoms with Crippen LogP contribution in [0.15, 0.2) is 0 Å². The van der Waals surface area contributed by atoms with Crippen molar-refractivity contribution < 1.29 is 4.79 Å². The van der Waals surface area contributed by atoms with Gasteiger partial charge in [-0.15, -0.1) is 0 Å². The Morgan fingerprint density at radius 3 is 2.11 bits per heavy atom. The second-order valence-corrected chi connectivity index (χ2v) is 4.87. The van der Waals surface area contributed by atoms with Gasteiger partial charge in [-0.2, -0.15) is 10.2 Å². The van der Waals surface area contributed by atoms with Crippen LogP contribution in [0.25, 0.3) is 0 Å². The molecule has 1 amide bonds.